The Morgan fingerprint density at radius 3 is 2.72 bits per heavy atom. The summed E-state index contributed by atoms with van der Waals surface area (Å²) >= 11 is 0. The highest BCUT2D eigenvalue weighted by Gasteiger charge is 2.30. The van der Waals surface area contributed by atoms with E-state index in [1.165, 1.54) is 12.1 Å². The predicted molar refractivity (Wildman–Crippen MR) is 69.8 cm³/mol. The molecule has 0 bridgehead atoms. The molecule has 1 fully saturated rings. The molecule has 1 heterocycles. The predicted octanol–water partition coefficient (Wildman–Crippen LogP) is 1.98. The van der Waals surface area contributed by atoms with Crippen LogP contribution < -0.4 is 11.1 Å². The third-order valence-electron chi connectivity index (χ3n) is 3.53. The molecule has 1 saturated heterocycles. The zero-order valence-electron chi connectivity index (χ0n) is 10.8. The quantitative estimate of drug-likeness (QED) is 0.842. The Bertz CT molecular complexity index is 374. The van der Waals surface area contributed by atoms with E-state index in [4.69, 9.17) is 10.5 Å². The maximum Gasteiger partial charge on any atom is 0.123 e. The van der Waals surface area contributed by atoms with Gasteiger partial charge in [-0.2, -0.15) is 0 Å². The number of nitrogens with one attached hydrogen (secondary N) is 1. The van der Waals surface area contributed by atoms with Gasteiger partial charge in [0.15, 0.2) is 0 Å². The van der Waals surface area contributed by atoms with Crippen molar-refractivity contribution in [1.82, 2.24) is 5.32 Å². The molecule has 1 aromatic rings. The van der Waals surface area contributed by atoms with Crippen LogP contribution in [0.2, 0.25) is 0 Å². The van der Waals surface area contributed by atoms with Crippen LogP contribution in [0.15, 0.2) is 24.3 Å². The van der Waals surface area contributed by atoms with Crippen molar-refractivity contribution < 1.29 is 9.13 Å². The maximum atomic E-state index is 12.9. The van der Waals surface area contributed by atoms with Crippen molar-refractivity contribution >= 4 is 0 Å². The van der Waals surface area contributed by atoms with E-state index in [-0.39, 0.29) is 17.5 Å². The fourth-order valence-corrected chi connectivity index (χ4v) is 2.35. The molecule has 1 aromatic carbocycles. The van der Waals surface area contributed by atoms with Gasteiger partial charge in [-0.3, -0.25) is 0 Å². The standard InChI is InChI=1S/C14H21FN2O/c1-14(7-2-8-18-14)10-17-13(9-16)11-3-5-12(15)6-4-11/h3-6,13,17H,2,7-10,16H2,1H3. The van der Waals surface area contributed by atoms with Crippen molar-refractivity contribution in [3.63, 3.8) is 0 Å². The molecule has 1 aliphatic heterocycles. The number of benzene rings is 1. The summed E-state index contributed by atoms with van der Waals surface area (Å²) in [6.07, 6.45) is 2.18. The van der Waals surface area contributed by atoms with Crippen LogP contribution in [0.5, 0.6) is 0 Å². The molecule has 100 valence electrons. The highest BCUT2D eigenvalue weighted by molar-refractivity contribution is 5.20. The third kappa shape index (κ3) is 3.28. The molecular formula is C14H21FN2O. The maximum absolute atomic E-state index is 12.9. The summed E-state index contributed by atoms with van der Waals surface area (Å²) < 4.78 is 18.6. The highest BCUT2D eigenvalue weighted by Crippen LogP contribution is 2.25. The fourth-order valence-electron chi connectivity index (χ4n) is 2.35. The Labute approximate surface area is 108 Å². The Hall–Kier alpha value is -0.970. The molecule has 3 nitrogen and oxygen atoms in total. The van der Waals surface area contributed by atoms with Gasteiger partial charge in [-0.05, 0) is 37.5 Å². The zero-order valence-corrected chi connectivity index (χ0v) is 10.8. The highest BCUT2D eigenvalue weighted by atomic mass is 19.1. The molecule has 0 aliphatic carbocycles. The average Bonchev–Trinajstić information content (AvgIpc) is 2.79. The SMILES string of the molecule is CC1(CNC(CN)c2ccc(F)cc2)CCCO1. The molecule has 0 amide bonds. The van der Waals surface area contributed by atoms with Crippen LogP contribution in [0, 0.1) is 5.82 Å². The van der Waals surface area contributed by atoms with E-state index in [1.54, 1.807) is 12.1 Å². The summed E-state index contributed by atoms with van der Waals surface area (Å²) in [4.78, 5) is 0. The number of rotatable bonds is 5. The van der Waals surface area contributed by atoms with Gasteiger partial charge in [0, 0.05) is 25.7 Å². The zero-order chi connectivity index (χ0) is 13.0. The Morgan fingerprint density at radius 2 is 2.17 bits per heavy atom. The summed E-state index contributed by atoms with van der Waals surface area (Å²) in [5, 5.41) is 3.42. The van der Waals surface area contributed by atoms with Crippen LogP contribution in [0.4, 0.5) is 4.39 Å². The van der Waals surface area contributed by atoms with Gasteiger partial charge in [-0.1, -0.05) is 12.1 Å². The first-order chi connectivity index (χ1) is 8.63. The van der Waals surface area contributed by atoms with E-state index >= 15 is 0 Å². The minimum absolute atomic E-state index is 0.0478. The molecule has 0 radical (unpaired) electrons. The molecule has 2 rings (SSSR count). The summed E-state index contributed by atoms with van der Waals surface area (Å²) in [6.45, 7) is 4.21. The fraction of sp³-hybridized carbons (Fsp3) is 0.571. The monoisotopic (exact) mass is 252 g/mol. The molecule has 3 N–H and O–H groups in total. The minimum atomic E-state index is -0.222. The minimum Gasteiger partial charge on any atom is -0.374 e. The molecule has 1 aliphatic rings. The first-order valence-corrected chi connectivity index (χ1v) is 6.46. The number of halogens is 1. The van der Waals surface area contributed by atoms with Gasteiger partial charge in [0.25, 0.3) is 0 Å². The summed E-state index contributed by atoms with van der Waals surface area (Å²) in [7, 11) is 0. The summed E-state index contributed by atoms with van der Waals surface area (Å²) in [5.41, 5.74) is 6.70. The topological polar surface area (TPSA) is 47.3 Å². The molecule has 4 heteroatoms. The molecule has 2 unspecified atom stereocenters. The Kier molecular flexibility index (Phi) is 4.32. The largest absolute Gasteiger partial charge is 0.374 e. The van der Waals surface area contributed by atoms with E-state index in [0.717, 1.165) is 31.6 Å². The lowest BCUT2D eigenvalue weighted by Gasteiger charge is -2.27. The molecule has 2 atom stereocenters. The lowest BCUT2D eigenvalue weighted by molar-refractivity contribution is 0.0189. The van der Waals surface area contributed by atoms with Gasteiger partial charge < -0.3 is 15.8 Å². The van der Waals surface area contributed by atoms with E-state index < -0.39 is 0 Å². The third-order valence-corrected chi connectivity index (χ3v) is 3.53. The van der Waals surface area contributed by atoms with E-state index in [2.05, 4.69) is 12.2 Å². The molecule has 18 heavy (non-hydrogen) atoms. The Morgan fingerprint density at radius 1 is 1.44 bits per heavy atom. The lowest BCUT2D eigenvalue weighted by atomic mass is 10.0. The van der Waals surface area contributed by atoms with Crippen molar-refractivity contribution in [2.75, 3.05) is 19.7 Å². The van der Waals surface area contributed by atoms with Gasteiger partial charge in [0.05, 0.1) is 5.60 Å². The van der Waals surface area contributed by atoms with Crippen LogP contribution >= 0.6 is 0 Å². The van der Waals surface area contributed by atoms with E-state index in [1.807, 2.05) is 0 Å². The van der Waals surface area contributed by atoms with E-state index in [9.17, 15) is 4.39 Å². The van der Waals surface area contributed by atoms with Gasteiger partial charge in [-0.15, -0.1) is 0 Å². The summed E-state index contributed by atoms with van der Waals surface area (Å²) in [5.74, 6) is -0.222. The molecule has 0 saturated carbocycles. The lowest BCUT2D eigenvalue weighted by Crippen LogP contribution is -2.40. The van der Waals surface area contributed by atoms with Crippen molar-refractivity contribution in [3.8, 4) is 0 Å². The van der Waals surface area contributed by atoms with Crippen LogP contribution in [-0.4, -0.2) is 25.3 Å². The first kappa shape index (κ1) is 13.5. The van der Waals surface area contributed by atoms with Crippen molar-refractivity contribution in [3.05, 3.63) is 35.6 Å². The van der Waals surface area contributed by atoms with Crippen LogP contribution in [0.1, 0.15) is 31.4 Å². The Balaban J connectivity index is 1.95. The number of nitrogens with two attached hydrogens (primary N) is 1. The van der Waals surface area contributed by atoms with Gasteiger partial charge in [-0.25, -0.2) is 4.39 Å². The van der Waals surface area contributed by atoms with Crippen molar-refractivity contribution in [2.45, 2.75) is 31.4 Å². The second-order valence-corrected chi connectivity index (χ2v) is 5.12. The number of hydrogen-bond donors (Lipinski definition) is 2. The molecule has 0 spiro atoms. The smallest absolute Gasteiger partial charge is 0.123 e. The summed E-state index contributed by atoms with van der Waals surface area (Å²) in [6, 6.07) is 6.53. The number of hydrogen-bond acceptors (Lipinski definition) is 3. The molecule has 0 aromatic heterocycles. The first-order valence-electron chi connectivity index (χ1n) is 6.46. The number of ether oxygens (including phenoxy) is 1. The van der Waals surface area contributed by atoms with Crippen molar-refractivity contribution in [2.24, 2.45) is 5.73 Å². The van der Waals surface area contributed by atoms with Crippen molar-refractivity contribution in [1.29, 1.82) is 0 Å². The second kappa shape index (κ2) is 5.78. The van der Waals surface area contributed by atoms with Crippen LogP contribution in [0.3, 0.4) is 0 Å². The van der Waals surface area contributed by atoms with Gasteiger partial charge in [0.2, 0.25) is 0 Å². The average molecular weight is 252 g/mol. The van der Waals surface area contributed by atoms with Crippen LogP contribution in [-0.2, 0) is 4.74 Å². The van der Waals surface area contributed by atoms with E-state index in [0.29, 0.717) is 6.54 Å². The second-order valence-electron chi connectivity index (χ2n) is 5.12. The van der Waals surface area contributed by atoms with Gasteiger partial charge in [0.1, 0.15) is 5.82 Å². The van der Waals surface area contributed by atoms with Crippen LogP contribution in [0.25, 0.3) is 0 Å². The molecular weight excluding hydrogens is 231 g/mol. The van der Waals surface area contributed by atoms with Gasteiger partial charge >= 0.3 is 0 Å². The normalized spacial score (nSPS) is 25.3.